The van der Waals surface area contributed by atoms with Gasteiger partial charge in [-0.25, -0.2) is 0 Å². The van der Waals surface area contributed by atoms with Crippen molar-refractivity contribution in [3.05, 3.63) is 0 Å². The van der Waals surface area contributed by atoms with E-state index in [9.17, 15) is 4.79 Å². The molecule has 0 aromatic carbocycles. The molecule has 74 valence electrons. The maximum absolute atomic E-state index is 11.4. The molecule has 0 aromatic rings. The van der Waals surface area contributed by atoms with Crippen molar-refractivity contribution in [3.63, 3.8) is 0 Å². The van der Waals surface area contributed by atoms with Crippen LogP contribution in [-0.2, 0) is 14.3 Å². The molecule has 4 heteroatoms. The van der Waals surface area contributed by atoms with E-state index in [1.54, 1.807) is 13.8 Å². The molecule has 1 aliphatic heterocycles. The van der Waals surface area contributed by atoms with E-state index in [1.165, 1.54) is 0 Å². The van der Waals surface area contributed by atoms with Gasteiger partial charge in [-0.3, -0.25) is 4.79 Å². The van der Waals surface area contributed by atoms with Crippen molar-refractivity contribution in [3.8, 4) is 0 Å². The Hall–Kier alpha value is -0.450. The Labute approximate surface area is 76.8 Å². The Bertz CT molecular complexity index is 236. The maximum Gasteiger partial charge on any atom is 0.164 e. The van der Waals surface area contributed by atoms with Gasteiger partial charge in [-0.1, -0.05) is 0 Å². The van der Waals surface area contributed by atoms with Gasteiger partial charge < -0.3 is 14.6 Å². The number of carbonyl (C=O) groups is 1. The number of aliphatic hydroxyl groups excluding tert-OH is 1. The fraction of sp³-hybridized carbons (Fsp3) is 0.889. The lowest BCUT2D eigenvalue weighted by Gasteiger charge is -2.19. The van der Waals surface area contributed by atoms with Crippen LogP contribution in [0.4, 0.5) is 0 Å². The standard InChI is InChI=1S/C9H14O4/c1-9(2)12-7-5(4-10)3-6(11)8(7)13-9/h5,7-8,10H,3-4H2,1-2H3/t5?,7-,8+/m1/s1. The molecule has 3 atom stereocenters. The monoisotopic (exact) mass is 186 g/mol. The molecule has 13 heavy (non-hydrogen) atoms. The van der Waals surface area contributed by atoms with E-state index in [-0.39, 0.29) is 24.4 Å². The second kappa shape index (κ2) is 2.77. The number of Topliss-reactive ketones (excluding diaryl/α,β-unsaturated/α-hetero) is 1. The van der Waals surface area contributed by atoms with Crippen molar-refractivity contribution in [2.24, 2.45) is 5.92 Å². The third kappa shape index (κ3) is 1.39. The summed E-state index contributed by atoms with van der Waals surface area (Å²) in [5.41, 5.74) is 0. The molecule has 1 unspecified atom stereocenters. The predicted molar refractivity (Wildman–Crippen MR) is 44.0 cm³/mol. The Morgan fingerprint density at radius 2 is 2.23 bits per heavy atom. The van der Waals surface area contributed by atoms with Crippen LogP contribution in [0.2, 0.25) is 0 Å². The molecular weight excluding hydrogens is 172 g/mol. The fourth-order valence-electron chi connectivity index (χ4n) is 2.04. The van der Waals surface area contributed by atoms with Gasteiger partial charge in [-0.15, -0.1) is 0 Å². The van der Waals surface area contributed by atoms with Gasteiger partial charge in [0.05, 0.1) is 6.10 Å². The second-order valence-electron chi connectivity index (χ2n) is 4.13. The van der Waals surface area contributed by atoms with E-state index < -0.39 is 11.9 Å². The van der Waals surface area contributed by atoms with Gasteiger partial charge >= 0.3 is 0 Å². The minimum atomic E-state index is -0.682. The average Bonchev–Trinajstić information content (AvgIpc) is 2.47. The summed E-state index contributed by atoms with van der Waals surface area (Å²) in [6, 6.07) is 0. The molecule has 1 saturated carbocycles. The maximum atomic E-state index is 11.4. The molecule has 2 fully saturated rings. The quantitative estimate of drug-likeness (QED) is 0.630. The lowest BCUT2D eigenvalue weighted by molar-refractivity contribution is -0.164. The Morgan fingerprint density at radius 1 is 1.54 bits per heavy atom. The molecule has 1 aliphatic carbocycles. The zero-order valence-corrected chi connectivity index (χ0v) is 7.82. The van der Waals surface area contributed by atoms with Crippen molar-refractivity contribution < 1.29 is 19.4 Å². The van der Waals surface area contributed by atoms with Crippen LogP contribution in [0.5, 0.6) is 0 Å². The number of ether oxygens (including phenoxy) is 2. The summed E-state index contributed by atoms with van der Waals surface area (Å²) < 4.78 is 11.0. The first kappa shape index (κ1) is 9.12. The number of carbonyl (C=O) groups excluding carboxylic acids is 1. The van der Waals surface area contributed by atoms with Crippen LogP contribution >= 0.6 is 0 Å². The summed E-state index contributed by atoms with van der Waals surface area (Å²) in [4.78, 5) is 11.4. The van der Waals surface area contributed by atoms with Crippen LogP contribution in [0, 0.1) is 5.92 Å². The van der Waals surface area contributed by atoms with Crippen LogP contribution in [-0.4, -0.2) is 35.5 Å². The number of fused-ring (bicyclic) bond motifs is 1. The van der Waals surface area contributed by atoms with Crippen LogP contribution in [0.3, 0.4) is 0 Å². The minimum Gasteiger partial charge on any atom is -0.396 e. The van der Waals surface area contributed by atoms with E-state index in [4.69, 9.17) is 14.6 Å². The Balaban J connectivity index is 2.17. The topological polar surface area (TPSA) is 55.8 Å². The van der Waals surface area contributed by atoms with Gasteiger partial charge in [0.15, 0.2) is 11.6 Å². The normalized spacial score (nSPS) is 42.4. The number of aliphatic hydroxyl groups is 1. The number of hydrogen-bond acceptors (Lipinski definition) is 4. The summed E-state index contributed by atoms with van der Waals surface area (Å²) in [6.45, 7) is 3.56. The van der Waals surface area contributed by atoms with Crippen molar-refractivity contribution in [1.29, 1.82) is 0 Å². The van der Waals surface area contributed by atoms with E-state index in [1.807, 2.05) is 0 Å². The van der Waals surface area contributed by atoms with Crippen LogP contribution in [0.25, 0.3) is 0 Å². The molecule has 4 nitrogen and oxygen atoms in total. The van der Waals surface area contributed by atoms with Gasteiger partial charge in [0, 0.05) is 18.9 Å². The van der Waals surface area contributed by atoms with Crippen molar-refractivity contribution in [1.82, 2.24) is 0 Å². The van der Waals surface area contributed by atoms with Crippen LogP contribution < -0.4 is 0 Å². The Morgan fingerprint density at radius 3 is 2.85 bits per heavy atom. The predicted octanol–water partition coefficient (Wildman–Crippen LogP) is 0.0878. The van der Waals surface area contributed by atoms with E-state index in [0.717, 1.165) is 0 Å². The van der Waals surface area contributed by atoms with E-state index in [0.29, 0.717) is 6.42 Å². The molecular formula is C9H14O4. The lowest BCUT2D eigenvalue weighted by Crippen LogP contribution is -2.27. The van der Waals surface area contributed by atoms with E-state index >= 15 is 0 Å². The van der Waals surface area contributed by atoms with Crippen LogP contribution in [0.1, 0.15) is 20.3 Å². The van der Waals surface area contributed by atoms with Gasteiger partial charge in [-0.2, -0.15) is 0 Å². The summed E-state index contributed by atoms with van der Waals surface area (Å²) in [5.74, 6) is -0.715. The lowest BCUT2D eigenvalue weighted by atomic mass is 10.1. The zero-order valence-electron chi connectivity index (χ0n) is 7.82. The molecule has 0 bridgehead atoms. The summed E-state index contributed by atoms with van der Waals surface area (Å²) in [7, 11) is 0. The SMILES string of the molecule is CC1(C)O[C@@H]2C(CO)CC(=O)[C@@H]2O1. The molecule has 0 amide bonds. The molecule has 1 N–H and O–H groups in total. The molecule has 1 saturated heterocycles. The molecule has 0 spiro atoms. The van der Waals surface area contributed by atoms with E-state index in [2.05, 4.69) is 0 Å². The summed E-state index contributed by atoms with van der Waals surface area (Å²) >= 11 is 0. The Kier molecular flexibility index (Phi) is 1.94. The zero-order chi connectivity index (χ0) is 9.64. The largest absolute Gasteiger partial charge is 0.396 e. The second-order valence-corrected chi connectivity index (χ2v) is 4.13. The average molecular weight is 186 g/mol. The molecule has 1 heterocycles. The molecule has 2 rings (SSSR count). The highest BCUT2D eigenvalue weighted by atomic mass is 16.8. The smallest absolute Gasteiger partial charge is 0.164 e. The highest BCUT2D eigenvalue weighted by Crippen LogP contribution is 2.39. The van der Waals surface area contributed by atoms with Gasteiger partial charge in [0.1, 0.15) is 6.10 Å². The first-order valence-corrected chi connectivity index (χ1v) is 4.53. The summed E-state index contributed by atoms with van der Waals surface area (Å²) in [5, 5.41) is 9.01. The van der Waals surface area contributed by atoms with Gasteiger partial charge in [-0.05, 0) is 13.8 Å². The molecule has 0 aromatic heterocycles. The number of ketones is 1. The van der Waals surface area contributed by atoms with Crippen molar-refractivity contribution in [2.75, 3.05) is 6.61 Å². The highest BCUT2D eigenvalue weighted by Gasteiger charge is 2.53. The third-order valence-electron chi connectivity index (χ3n) is 2.61. The first-order valence-electron chi connectivity index (χ1n) is 4.53. The highest BCUT2D eigenvalue weighted by molar-refractivity contribution is 5.86. The first-order chi connectivity index (χ1) is 6.03. The minimum absolute atomic E-state index is 0.00759. The molecule has 0 radical (unpaired) electrons. The fourth-order valence-corrected chi connectivity index (χ4v) is 2.04. The van der Waals surface area contributed by atoms with Crippen molar-refractivity contribution >= 4 is 5.78 Å². The number of hydrogen-bond donors (Lipinski definition) is 1. The van der Waals surface area contributed by atoms with Gasteiger partial charge in [0.25, 0.3) is 0 Å². The van der Waals surface area contributed by atoms with Crippen molar-refractivity contribution in [2.45, 2.75) is 38.3 Å². The van der Waals surface area contributed by atoms with Gasteiger partial charge in [0.2, 0.25) is 0 Å². The number of rotatable bonds is 1. The summed E-state index contributed by atoms with van der Waals surface area (Å²) in [6.07, 6.45) is -0.318. The third-order valence-corrected chi connectivity index (χ3v) is 2.61. The van der Waals surface area contributed by atoms with Crippen LogP contribution in [0.15, 0.2) is 0 Å². The molecule has 2 aliphatic rings.